The van der Waals surface area contributed by atoms with E-state index in [4.69, 9.17) is 9.47 Å². The van der Waals surface area contributed by atoms with Crippen LogP contribution in [0.2, 0.25) is 0 Å². The van der Waals surface area contributed by atoms with Crippen LogP contribution in [-0.2, 0) is 32.2 Å². The molecule has 140 valence electrons. The molecular weight excluding hydrogens is 350 g/mol. The molecule has 0 spiro atoms. The maximum absolute atomic E-state index is 12.4. The highest BCUT2D eigenvalue weighted by Gasteiger charge is 2.49. The summed E-state index contributed by atoms with van der Waals surface area (Å²) in [6.45, 7) is 1.81. The molecule has 3 rings (SSSR count). The van der Waals surface area contributed by atoms with Crippen LogP contribution in [-0.4, -0.2) is 35.2 Å². The topological polar surface area (TPSA) is 82.1 Å². The third kappa shape index (κ3) is 4.51. The van der Waals surface area contributed by atoms with Gasteiger partial charge in [-0.25, -0.2) is 14.4 Å². The van der Waals surface area contributed by atoms with Crippen molar-refractivity contribution in [1.82, 2.24) is 4.90 Å². The molecule has 0 aliphatic carbocycles. The molecule has 1 unspecified atom stereocenters. The van der Waals surface area contributed by atoms with Gasteiger partial charge in [0.15, 0.2) is 6.04 Å². The van der Waals surface area contributed by atoms with Gasteiger partial charge < -0.3 is 14.2 Å². The minimum Gasteiger partial charge on any atom is -0.444 e. The second kappa shape index (κ2) is 8.46. The molecule has 0 N–H and O–H groups in total. The van der Waals surface area contributed by atoms with E-state index in [9.17, 15) is 14.4 Å². The highest BCUT2D eigenvalue weighted by Crippen LogP contribution is 2.21. The molecule has 1 saturated heterocycles. The quantitative estimate of drug-likeness (QED) is 0.574. The smallest absolute Gasteiger partial charge is 0.428 e. The van der Waals surface area contributed by atoms with Crippen LogP contribution in [0.25, 0.3) is 0 Å². The van der Waals surface area contributed by atoms with E-state index in [0.29, 0.717) is 4.90 Å². The Bertz CT molecular complexity index is 808. The van der Waals surface area contributed by atoms with Crippen molar-refractivity contribution in [3.05, 3.63) is 71.8 Å². The number of carbonyl (C=O) groups excluding carboxylic acids is 3. The largest absolute Gasteiger partial charge is 0.444 e. The fourth-order valence-electron chi connectivity index (χ4n) is 2.69. The molecule has 7 heteroatoms. The van der Waals surface area contributed by atoms with Gasteiger partial charge in [-0.15, -0.1) is 0 Å². The summed E-state index contributed by atoms with van der Waals surface area (Å²) in [5.41, 5.74) is 1.66. The number of rotatable bonds is 6. The number of nitrogens with zero attached hydrogens (tertiary/aromatic N) is 1. The maximum Gasteiger partial charge on any atom is 0.428 e. The number of hydrogen-bond acceptors (Lipinski definition) is 6. The average molecular weight is 369 g/mol. The lowest BCUT2D eigenvalue weighted by Gasteiger charge is -2.23. The standard InChI is InChI=1S/C20H19NO6/c1-14(25-12-15-8-4-2-5-9-15)17-18(22)27-20(24)21(17)19(23)26-13-16-10-6-3-7-11-16/h2-11,14,17H,12-13H2,1H3/t14?,17-/m0/s1. The Labute approximate surface area is 156 Å². The van der Waals surface area contributed by atoms with Crippen molar-refractivity contribution in [3.8, 4) is 0 Å². The summed E-state index contributed by atoms with van der Waals surface area (Å²) >= 11 is 0. The van der Waals surface area contributed by atoms with Crippen LogP contribution in [0, 0.1) is 0 Å². The van der Waals surface area contributed by atoms with Crippen molar-refractivity contribution in [1.29, 1.82) is 0 Å². The Morgan fingerprint density at radius 3 is 2.15 bits per heavy atom. The van der Waals surface area contributed by atoms with Gasteiger partial charge in [0.05, 0.1) is 12.7 Å². The number of ether oxygens (including phenoxy) is 3. The second-order valence-electron chi connectivity index (χ2n) is 6.04. The van der Waals surface area contributed by atoms with E-state index >= 15 is 0 Å². The molecule has 1 aliphatic heterocycles. The lowest BCUT2D eigenvalue weighted by molar-refractivity contribution is -0.139. The Morgan fingerprint density at radius 2 is 1.56 bits per heavy atom. The van der Waals surface area contributed by atoms with Crippen LogP contribution in [0.1, 0.15) is 18.1 Å². The van der Waals surface area contributed by atoms with E-state index in [0.717, 1.165) is 11.1 Å². The summed E-state index contributed by atoms with van der Waals surface area (Å²) in [7, 11) is 0. The summed E-state index contributed by atoms with van der Waals surface area (Å²) < 4.78 is 15.4. The van der Waals surface area contributed by atoms with E-state index in [2.05, 4.69) is 4.74 Å². The van der Waals surface area contributed by atoms with Gasteiger partial charge in [-0.3, -0.25) is 0 Å². The molecule has 2 aromatic rings. The number of benzene rings is 2. The van der Waals surface area contributed by atoms with E-state index < -0.39 is 30.3 Å². The van der Waals surface area contributed by atoms with Crippen molar-refractivity contribution >= 4 is 18.2 Å². The van der Waals surface area contributed by atoms with E-state index in [-0.39, 0.29) is 13.2 Å². The molecule has 1 fully saturated rings. The summed E-state index contributed by atoms with van der Waals surface area (Å²) in [6.07, 6.45) is -2.76. The minimum atomic E-state index is -1.19. The molecule has 7 nitrogen and oxygen atoms in total. The summed E-state index contributed by atoms with van der Waals surface area (Å²) in [5.74, 6) is -0.836. The van der Waals surface area contributed by atoms with Gasteiger partial charge in [0, 0.05) is 0 Å². The van der Waals surface area contributed by atoms with Gasteiger partial charge in [-0.05, 0) is 18.1 Å². The first kappa shape index (κ1) is 18.6. The number of imide groups is 1. The van der Waals surface area contributed by atoms with Gasteiger partial charge >= 0.3 is 18.2 Å². The Hall–Kier alpha value is -3.19. The lowest BCUT2D eigenvalue weighted by Crippen LogP contribution is -2.47. The van der Waals surface area contributed by atoms with Crippen LogP contribution in [0.15, 0.2) is 60.7 Å². The fraction of sp³-hybridized carbons (Fsp3) is 0.250. The molecule has 2 aromatic carbocycles. The number of amides is 2. The molecule has 1 heterocycles. The molecule has 0 saturated carbocycles. The number of cyclic esters (lactones) is 2. The van der Waals surface area contributed by atoms with E-state index in [1.54, 1.807) is 31.2 Å². The monoisotopic (exact) mass is 369 g/mol. The van der Waals surface area contributed by atoms with Crippen molar-refractivity contribution < 1.29 is 28.6 Å². The van der Waals surface area contributed by atoms with Crippen LogP contribution in [0.4, 0.5) is 9.59 Å². The molecule has 0 radical (unpaired) electrons. The summed E-state index contributed by atoms with van der Waals surface area (Å²) in [5, 5.41) is 0. The molecule has 2 atom stereocenters. The Balaban J connectivity index is 1.64. The third-order valence-corrected chi connectivity index (χ3v) is 4.11. The first-order valence-corrected chi connectivity index (χ1v) is 8.47. The third-order valence-electron chi connectivity index (χ3n) is 4.11. The van der Waals surface area contributed by atoms with Gasteiger partial charge in [-0.2, -0.15) is 4.90 Å². The number of carbonyl (C=O) groups is 3. The normalized spacial score (nSPS) is 17.5. The zero-order valence-corrected chi connectivity index (χ0v) is 14.7. The van der Waals surface area contributed by atoms with Gasteiger partial charge in [0.2, 0.25) is 0 Å². The second-order valence-corrected chi connectivity index (χ2v) is 6.04. The zero-order chi connectivity index (χ0) is 19.2. The SMILES string of the molecule is CC(OCc1ccccc1)[C@H]1C(=O)OC(=O)N1C(=O)OCc1ccccc1. The van der Waals surface area contributed by atoms with Crippen LogP contribution in [0.3, 0.4) is 0 Å². The summed E-state index contributed by atoms with van der Waals surface area (Å²) in [4.78, 5) is 37.0. The van der Waals surface area contributed by atoms with Crippen LogP contribution >= 0.6 is 0 Å². The minimum absolute atomic E-state index is 0.0242. The van der Waals surface area contributed by atoms with Crippen LogP contribution < -0.4 is 0 Å². The Morgan fingerprint density at radius 1 is 1.00 bits per heavy atom. The molecule has 27 heavy (non-hydrogen) atoms. The van der Waals surface area contributed by atoms with Crippen molar-refractivity contribution in [2.75, 3.05) is 0 Å². The van der Waals surface area contributed by atoms with Gasteiger partial charge in [0.25, 0.3) is 0 Å². The van der Waals surface area contributed by atoms with Crippen LogP contribution in [0.5, 0.6) is 0 Å². The predicted octanol–water partition coefficient (Wildman–Crippen LogP) is 3.28. The molecule has 0 bridgehead atoms. The molecule has 0 aromatic heterocycles. The van der Waals surface area contributed by atoms with Gasteiger partial charge in [-0.1, -0.05) is 60.7 Å². The Kier molecular flexibility index (Phi) is 5.83. The molecular formula is C20H19NO6. The van der Waals surface area contributed by atoms with Crippen molar-refractivity contribution in [2.45, 2.75) is 32.3 Å². The predicted molar refractivity (Wildman–Crippen MR) is 94.4 cm³/mol. The molecule has 2 amide bonds. The van der Waals surface area contributed by atoms with E-state index in [1.165, 1.54) is 0 Å². The first-order chi connectivity index (χ1) is 13.1. The lowest BCUT2D eigenvalue weighted by atomic mass is 10.1. The number of hydrogen-bond donors (Lipinski definition) is 0. The highest BCUT2D eigenvalue weighted by atomic mass is 16.6. The average Bonchev–Trinajstić information content (AvgIpc) is 3.00. The molecule has 1 aliphatic rings. The summed E-state index contributed by atoms with van der Waals surface area (Å²) in [6, 6.07) is 17.2. The van der Waals surface area contributed by atoms with Crippen molar-refractivity contribution in [3.63, 3.8) is 0 Å². The zero-order valence-electron chi connectivity index (χ0n) is 14.7. The van der Waals surface area contributed by atoms with Crippen molar-refractivity contribution in [2.24, 2.45) is 0 Å². The maximum atomic E-state index is 12.4. The number of esters is 1. The first-order valence-electron chi connectivity index (χ1n) is 8.47. The highest BCUT2D eigenvalue weighted by molar-refractivity contribution is 6.04. The van der Waals surface area contributed by atoms with E-state index in [1.807, 2.05) is 36.4 Å². The fourth-order valence-corrected chi connectivity index (χ4v) is 2.69. The van der Waals surface area contributed by atoms with Gasteiger partial charge in [0.1, 0.15) is 6.61 Å².